The van der Waals surface area contributed by atoms with Gasteiger partial charge in [-0.15, -0.1) is 0 Å². The van der Waals surface area contributed by atoms with Crippen LogP contribution in [0.1, 0.15) is 16.8 Å². The maximum absolute atomic E-state index is 11.9. The largest absolute Gasteiger partial charge is 0.338 e. The fourth-order valence-corrected chi connectivity index (χ4v) is 2.79. The first kappa shape index (κ1) is 19.2. The molecule has 0 bridgehead atoms. The second-order valence-electron chi connectivity index (χ2n) is 6.06. The molecule has 3 aromatic rings. The van der Waals surface area contributed by atoms with Gasteiger partial charge >= 0.3 is 6.03 Å². The van der Waals surface area contributed by atoms with Crippen LogP contribution in [0, 0.1) is 6.92 Å². The van der Waals surface area contributed by atoms with E-state index in [-0.39, 0.29) is 6.03 Å². The Labute approximate surface area is 167 Å². The van der Waals surface area contributed by atoms with Crippen molar-refractivity contribution in [1.29, 1.82) is 0 Å². The molecule has 0 saturated heterocycles. The Morgan fingerprint density at radius 1 is 1.15 bits per heavy atom. The summed E-state index contributed by atoms with van der Waals surface area (Å²) in [5.41, 5.74) is 2.83. The molecule has 2 heterocycles. The lowest BCUT2D eigenvalue weighted by molar-refractivity contribution is 0.240. The van der Waals surface area contributed by atoms with E-state index < -0.39 is 0 Å². The van der Waals surface area contributed by atoms with Gasteiger partial charge in [0.2, 0.25) is 0 Å². The lowest BCUT2D eigenvalue weighted by Gasteiger charge is -2.09. The van der Waals surface area contributed by atoms with Crippen LogP contribution in [-0.4, -0.2) is 27.3 Å². The van der Waals surface area contributed by atoms with Crippen LogP contribution in [-0.2, 0) is 13.0 Å². The van der Waals surface area contributed by atoms with Crippen molar-refractivity contribution in [3.63, 3.8) is 0 Å². The smallest absolute Gasteiger partial charge is 0.315 e. The third kappa shape index (κ3) is 5.45. The van der Waals surface area contributed by atoms with Crippen molar-refractivity contribution < 1.29 is 4.79 Å². The monoisotopic (exact) mass is 403 g/mol. The third-order valence-electron chi connectivity index (χ3n) is 3.84. The normalized spacial score (nSPS) is 10.6. The molecule has 0 atom stereocenters. The number of rotatable bonds is 6. The number of amides is 2. The van der Waals surface area contributed by atoms with Crippen molar-refractivity contribution in [2.45, 2.75) is 19.9 Å². The SMILES string of the molecule is Cc1cnn(-c2cccc(CCNC(=O)NCc3ccc(Cl)c(Cl)c3)n2)c1. The van der Waals surface area contributed by atoms with Gasteiger partial charge in [0.15, 0.2) is 5.82 Å². The lowest BCUT2D eigenvalue weighted by Crippen LogP contribution is -2.36. The Kier molecular flexibility index (Phi) is 6.32. The van der Waals surface area contributed by atoms with E-state index in [1.165, 1.54) is 0 Å². The molecule has 2 N–H and O–H groups in total. The number of halogens is 2. The van der Waals surface area contributed by atoms with E-state index in [0.29, 0.717) is 29.6 Å². The molecule has 0 saturated carbocycles. The molecule has 140 valence electrons. The van der Waals surface area contributed by atoms with Gasteiger partial charge in [-0.2, -0.15) is 5.10 Å². The van der Waals surface area contributed by atoms with E-state index in [2.05, 4.69) is 20.7 Å². The summed E-state index contributed by atoms with van der Waals surface area (Å²) in [5.74, 6) is 0.754. The molecule has 6 nitrogen and oxygen atoms in total. The van der Waals surface area contributed by atoms with E-state index in [0.717, 1.165) is 22.6 Å². The van der Waals surface area contributed by atoms with Gasteiger partial charge in [0.1, 0.15) is 0 Å². The molecule has 3 rings (SSSR count). The van der Waals surface area contributed by atoms with Crippen LogP contribution in [0.4, 0.5) is 4.79 Å². The molecule has 0 unspecified atom stereocenters. The number of nitrogens with zero attached hydrogens (tertiary/aromatic N) is 3. The minimum Gasteiger partial charge on any atom is -0.338 e. The Morgan fingerprint density at radius 3 is 2.74 bits per heavy atom. The Balaban J connectivity index is 1.46. The van der Waals surface area contributed by atoms with E-state index in [1.807, 2.05) is 37.4 Å². The van der Waals surface area contributed by atoms with Gasteiger partial charge in [0.25, 0.3) is 0 Å². The first-order valence-electron chi connectivity index (χ1n) is 8.44. The second-order valence-corrected chi connectivity index (χ2v) is 6.87. The topological polar surface area (TPSA) is 71.8 Å². The highest BCUT2D eigenvalue weighted by molar-refractivity contribution is 6.42. The van der Waals surface area contributed by atoms with Crippen molar-refractivity contribution in [3.8, 4) is 5.82 Å². The van der Waals surface area contributed by atoms with E-state index in [4.69, 9.17) is 23.2 Å². The number of pyridine rings is 1. The molecule has 0 fully saturated rings. The average molecular weight is 404 g/mol. The molecular formula is C19H19Cl2N5O. The number of hydrogen-bond acceptors (Lipinski definition) is 3. The first-order valence-corrected chi connectivity index (χ1v) is 9.20. The number of aryl methyl sites for hydroxylation is 1. The Morgan fingerprint density at radius 2 is 2.00 bits per heavy atom. The minimum absolute atomic E-state index is 0.250. The molecule has 1 aromatic carbocycles. The van der Waals surface area contributed by atoms with Crippen molar-refractivity contribution in [3.05, 3.63) is 75.7 Å². The fourth-order valence-electron chi connectivity index (χ4n) is 2.47. The van der Waals surface area contributed by atoms with Crippen LogP contribution in [0.15, 0.2) is 48.8 Å². The Hall–Kier alpha value is -2.57. The summed E-state index contributed by atoms with van der Waals surface area (Å²) in [5, 5.41) is 10.8. The predicted octanol–water partition coefficient (Wildman–Crippen LogP) is 3.92. The highest BCUT2D eigenvalue weighted by Crippen LogP contribution is 2.22. The molecule has 2 amide bonds. The molecule has 0 aliphatic carbocycles. The zero-order valence-corrected chi connectivity index (χ0v) is 16.3. The molecule has 27 heavy (non-hydrogen) atoms. The molecule has 0 aliphatic rings. The summed E-state index contributed by atoms with van der Waals surface area (Å²) < 4.78 is 1.73. The van der Waals surface area contributed by atoms with Crippen molar-refractivity contribution in [2.24, 2.45) is 0 Å². The van der Waals surface area contributed by atoms with Crippen LogP contribution in [0.2, 0.25) is 10.0 Å². The van der Waals surface area contributed by atoms with Crippen molar-refractivity contribution in [1.82, 2.24) is 25.4 Å². The summed E-state index contributed by atoms with van der Waals surface area (Å²) in [7, 11) is 0. The van der Waals surface area contributed by atoms with Crippen molar-refractivity contribution in [2.75, 3.05) is 6.54 Å². The number of nitrogens with one attached hydrogen (secondary N) is 2. The quantitative estimate of drug-likeness (QED) is 0.654. The van der Waals surface area contributed by atoms with Crippen LogP contribution >= 0.6 is 23.2 Å². The number of carbonyl (C=O) groups is 1. The molecule has 0 radical (unpaired) electrons. The van der Waals surface area contributed by atoms with Gasteiger partial charge in [-0.1, -0.05) is 35.3 Å². The van der Waals surface area contributed by atoms with Crippen LogP contribution < -0.4 is 10.6 Å². The Bertz CT molecular complexity index is 941. The number of urea groups is 1. The maximum atomic E-state index is 11.9. The molecule has 8 heteroatoms. The fraction of sp³-hybridized carbons (Fsp3) is 0.211. The van der Waals surface area contributed by atoms with E-state index in [1.54, 1.807) is 23.0 Å². The summed E-state index contributed by atoms with van der Waals surface area (Å²) in [6.45, 7) is 2.82. The highest BCUT2D eigenvalue weighted by atomic mass is 35.5. The second kappa shape index (κ2) is 8.88. The number of hydrogen-bond donors (Lipinski definition) is 2. The standard InChI is InChI=1S/C19H19Cl2N5O/c1-13-10-24-26(12-13)18-4-2-3-15(25-18)7-8-22-19(27)23-11-14-5-6-16(20)17(21)9-14/h2-6,9-10,12H,7-8,11H2,1H3,(H2,22,23,27). The zero-order valence-electron chi connectivity index (χ0n) is 14.7. The lowest BCUT2D eigenvalue weighted by atomic mass is 10.2. The zero-order chi connectivity index (χ0) is 19.2. The van der Waals surface area contributed by atoms with Gasteiger partial charge in [-0.3, -0.25) is 0 Å². The summed E-state index contributed by atoms with van der Waals surface area (Å²) in [6, 6.07) is 10.8. The highest BCUT2D eigenvalue weighted by Gasteiger charge is 2.05. The van der Waals surface area contributed by atoms with Gasteiger partial charge in [0.05, 0.1) is 16.2 Å². The third-order valence-corrected chi connectivity index (χ3v) is 4.58. The minimum atomic E-state index is -0.250. The van der Waals surface area contributed by atoms with E-state index in [9.17, 15) is 4.79 Å². The summed E-state index contributed by atoms with van der Waals surface area (Å²) in [6.07, 6.45) is 4.32. The summed E-state index contributed by atoms with van der Waals surface area (Å²) in [4.78, 5) is 16.5. The molecular weight excluding hydrogens is 385 g/mol. The van der Waals surface area contributed by atoms with Gasteiger partial charge in [-0.05, 0) is 42.3 Å². The van der Waals surface area contributed by atoms with Crippen molar-refractivity contribution >= 4 is 29.2 Å². The molecule has 0 spiro atoms. The number of carbonyl (C=O) groups excluding carboxylic acids is 1. The predicted molar refractivity (Wildman–Crippen MR) is 107 cm³/mol. The molecule has 0 aliphatic heterocycles. The van der Waals surface area contributed by atoms with Crippen LogP contribution in [0.25, 0.3) is 5.82 Å². The van der Waals surface area contributed by atoms with Gasteiger partial charge < -0.3 is 10.6 Å². The van der Waals surface area contributed by atoms with Crippen LogP contribution in [0.3, 0.4) is 0 Å². The number of aromatic nitrogens is 3. The van der Waals surface area contributed by atoms with Gasteiger partial charge in [-0.25, -0.2) is 14.5 Å². The maximum Gasteiger partial charge on any atom is 0.315 e. The van der Waals surface area contributed by atoms with Gasteiger partial charge in [0, 0.05) is 31.4 Å². The molecule has 2 aromatic heterocycles. The average Bonchev–Trinajstić information content (AvgIpc) is 3.09. The summed E-state index contributed by atoms with van der Waals surface area (Å²) >= 11 is 11.8. The number of benzene rings is 1. The first-order chi connectivity index (χ1) is 13.0. The van der Waals surface area contributed by atoms with Crippen LogP contribution in [0.5, 0.6) is 0 Å². The van der Waals surface area contributed by atoms with E-state index >= 15 is 0 Å².